The summed E-state index contributed by atoms with van der Waals surface area (Å²) in [4.78, 5) is 42.6. The summed E-state index contributed by atoms with van der Waals surface area (Å²) in [5.41, 5.74) is 9.80. The van der Waals surface area contributed by atoms with Crippen molar-refractivity contribution >= 4 is 28.7 Å². The Hall–Kier alpha value is -3.65. The molecule has 8 heteroatoms. The van der Waals surface area contributed by atoms with E-state index in [4.69, 9.17) is 10.5 Å². The van der Waals surface area contributed by atoms with Crippen molar-refractivity contribution in [2.45, 2.75) is 69.9 Å². The molecule has 1 unspecified atom stereocenters. The highest BCUT2D eigenvalue weighted by Gasteiger charge is 2.34. The third-order valence-corrected chi connectivity index (χ3v) is 8.69. The van der Waals surface area contributed by atoms with E-state index in [0.717, 1.165) is 44.1 Å². The van der Waals surface area contributed by atoms with Crippen molar-refractivity contribution in [3.05, 3.63) is 71.4 Å². The van der Waals surface area contributed by atoms with Gasteiger partial charge in [-0.05, 0) is 86.6 Å². The van der Waals surface area contributed by atoms with E-state index in [9.17, 15) is 14.4 Å². The molecule has 8 nitrogen and oxygen atoms in total. The Labute approximate surface area is 235 Å². The molecule has 0 spiro atoms. The predicted octanol–water partition coefficient (Wildman–Crippen LogP) is 4.30. The molecular formula is C32H40N4O4. The Kier molecular flexibility index (Phi) is 8.85. The molecule has 2 heterocycles. The van der Waals surface area contributed by atoms with Gasteiger partial charge in [-0.25, -0.2) is 4.79 Å². The Balaban J connectivity index is 1.10. The van der Waals surface area contributed by atoms with Crippen molar-refractivity contribution in [1.82, 2.24) is 15.2 Å². The smallest absolute Gasteiger partial charge is 0.338 e. The maximum atomic E-state index is 13.0. The molecule has 2 fully saturated rings. The lowest BCUT2D eigenvalue weighted by Gasteiger charge is -2.38. The second kappa shape index (κ2) is 12.7. The zero-order chi connectivity index (χ0) is 28.1. The van der Waals surface area contributed by atoms with Crippen molar-refractivity contribution in [2.24, 2.45) is 11.7 Å². The number of aromatic nitrogens is 1. The number of amides is 2. The molecule has 3 aromatic rings. The number of fused-ring (bicyclic) bond motifs is 1. The molecule has 2 aromatic carbocycles. The Bertz CT molecular complexity index is 1320. The van der Waals surface area contributed by atoms with Crippen molar-refractivity contribution in [3.63, 3.8) is 0 Å². The molecule has 2 amide bonds. The van der Waals surface area contributed by atoms with E-state index in [0.29, 0.717) is 31.2 Å². The number of hydrogen-bond acceptors (Lipinski definition) is 5. The first-order chi connectivity index (χ1) is 19.4. The third kappa shape index (κ3) is 6.39. The van der Waals surface area contributed by atoms with E-state index in [1.165, 1.54) is 16.5 Å². The van der Waals surface area contributed by atoms with Gasteiger partial charge in [0, 0.05) is 36.2 Å². The van der Waals surface area contributed by atoms with Gasteiger partial charge in [0.05, 0.1) is 24.6 Å². The molecule has 40 heavy (non-hydrogen) atoms. The molecule has 1 saturated heterocycles. The van der Waals surface area contributed by atoms with Gasteiger partial charge < -0.3 is 25.7 Å². The minimum Gasteiger partial charge on any atom is -0.462 e. The van der Waals surface area contributed by atoms with Gasteiger partial charge in [0.15, 0.2) is 0 Å². The number of H-pyrrole nitrogens is 1. The van der Waals surface area contributed by atoms with Crippen LogP contribution in [0.25, 0.3) is 10.9 Å². The van der Waals surface area contributed by atoms with Crippen LogP contribution in [0.3, 0.4) is 0 Å². The van der Waals surface area contributed by atoms with Gasteiger partial charge in [-0.15, -0.1) is 0 Å². The number of hydrogen-bond donors (Lipinski definition) is 3. The lowest BCUT2D eigenvalue weighted by Crippen LogP contribution is -2.54. The number of nitrogens with two attached hydrogens (primary N) is 1. The van der Waals surface area contributed by atoms with E-state index < -0.39 is 0 Å². The van der Waals surface area contributed by atoms with E-state index in [1.54, 1.807) is 31.2 Å². The normalized spacial score (nSPS) is 20.8. The quantitative estimate of drug-likeness (QED) is 0.347. The highest BCUT2D eigenvalue weighted by atomic mass is 16.5. The van der Waals surface area contributed by atoms with Gasteiger partial charge in [0.2, 0.25) is 11.8 Å². The summed E-state index contributed by atoms with van der Waals surface area (Å²) in [5, 5.41) is 4.92. The van der Waals surface area contributed by atoms with Crippen LogP contribution in [0.4, 0.5) is 0 Å². The van der Waals surface area contributed by atoms with Gasteiger partial charge in [0.25, 0.3) is 0 Å². The molecule has 0 bridgehead atoms. The van der Waals surface area contributed by atoms with Crippen molar-refractivity contribution in [1.29, 1.82) is 0 Å². The van der Waals surface area contributed by atoms with Gasteiger partial charge in [-0.3, -0.25) is 9.59 Å². The first-order valence-corrected chi connectivity index (χ1v) is 14.6. The maximum Gasteiger partial charge on any atom is 0.338 e. The molecule has 1 atom stereocenters. The van der Waals surface area contributed by atoms with Gasteiger partial charge >= 0.3 is 5.97 Å². The van der Waals surface area contributed by atoms with E-state index in [2.05, 4.69) is 40.8 Å². The Morgan fingerprint density at radius 1 is 1.00 bits per heavy atom. The van der Waals surface area contributed by atoms with Crippen LogP contribution in [0.1, 0.15) is 72.9 Å². The molecule has 4 N–H and O–H groups in total. The van der Waals surface area contributed by atoms with E-state index in [-0.39, 0.29) is 42.2 Å². The number of primary amides is 1. The summed E-state index contributed by atoms with van der Waals surface area (Å²) >= 11 is 0. The van der Waals surface area contributed by atoms with Crippen molar-refractivity contribution in [2.75, 3.05) is 19.7 Å². The first kappa shape index (κ1) is 27.9. The number of nitrogens with one attached hydrogen (secondary N) is 2. The number of ether oxygens (including phenoxy) is 1. The fourth-order valence-corrected chi connectivity index (χ4v) is 6.45. The number of rotatable bonds is 9. The van der Waals surface area contributed by atoms with Crippen LogP contribution in [0.5, 0.6) is 0 Å². The minimum absolute atomic E-state index is 0.0570. The molecule has 1 saturated carbocycles. The zero-order valence-electron chi connectivity index (χ0n) is 23.2. The second-order valence-corrected chi connectivity index (χ2v) is 11.2. The number of para-hydroxylation sites is 1. The molecule has 1 aliphatic carbocycles. The highest BCUT2D eigenvalue weighted by Crippen LogP contribution is 2.37. The van der Waals surface area contributed by atoms with Gasteiger partial charge in [-0.1, -0.05) is 30.3 Å². The van der Waals surface area contributed by atoms with Crippen LogP contribution in [0.15, 0.2) is 54.7 Å². The average Bonchev–Trinajstić information content (AvgIpc) is 3.41. The molecule has 0 radical (unpaired) electrons. The SMILES string of the molecule is CCOC(=O)c1ccc(CC(=O)N2CCC(C(NC3CCC(c4c[nH]c5ccccc45)CC3)C(N)=O)CC2)cc1. The maximum absolute atomic E-state index is 13.0. The van der Waals surface area contributed by atoms with Gasteiger partial charge in [0.1, 0.15) is 0 Å². The number of nitrogens with zero attached hydrogens (tertiary/aromatic N) is 1. The number of likely N-dealkylation sites (tertiary alicyclic amines) is 1. The summed E-state index contributed by atoms with van der Waals surface area (Å²) in [5.74, 6) is 0.0442. The van der Waals surface area contributed by atoms with Crippen LogP contribution in [-0.4, -0.2) is 59.4 Å². The lowest BCUT2D eigenvalue weighted by molar-refractivity contribution is -0.132. The van der Waals surface area contributed by atoms with Crippen molar-refractivity contribution in [3.8, 4) is 0 Å². The van der Waals surface area contributed by atoms with E-state index in [1.807, 2.05) is 4.90 Å². The summed E-state index contributed by atoms with van der Waals surface area (Å²) in [6.07, 6.45) is 8.13. The van der Waals surface area contributed by atoms with Crippen molar-refractivity contribution < 1.29 is 19.1 Å². The monoisotopic (exact) mass is 544 g/mol. The fraction of sp³-hybridized carbons (Fsp3) is 0.469. The Morgan fingerprint density at radius 2 is 1.70 bits per heavy atom. The number of benzene rings is 2. The Morgan fingerprint density at radius 3 is 2.38 bits per heavy atom. The molecule has 1 aromatic heterocycles. The standard InChI is InChI=1S/C32H40N4O4/c1-2-40-32(39)24-9-7-21(8-10-24)19-29(37)36-17-15-23(16-18-36)30(31(33)38)35-25-13-11-22(12-14-25)27-20-34-28-6-4-3-5-26(27)28/h3-10,20,22-23,25,30,34-35H,2,11-19H2,1H3,(H2,33,38). The fourth-order valence-electron chi connectivity index (χ4n) is 6.45. The van der Waals surface area contributed by atoms with Gasteiger partial charge in [-0.2, -0.15) is 0 Å². The minimum atomic E-state index is -0.373. The summed E-state index contributed by atoms with van der Waals surface area (Å²) < 4.78 is 5.02. The number of piperidine rings is 1. The predicted molar refractivity (Wildman–Crippen MR) is 155 cm³/mol. The van der Waals surface area contributed by atoms with Crippen LogP contribution in [0, 0.1) is 5.92 Å². The highest BCUT2D eigenvalue weighted by molar-refractivity contribution is 5.89. The summed E-state index contributed by atoms with van der Waals surface area (Å²) in [6, 6.07) is 15.4. The molecular weight excluding hydrogens is 504 g/mol. The topological polar surface area (TPSA) is 118 Å². The lowest BCUT2D eigenvalue weighted by atomic mass is 9.80. The van der Waals surface area contributed by atoms with Crippen LogP contribution in [0.2, 0.25) is 0 Å². The number of carbonyl (C=O) groups excluding carboxylic acids is 3. The zero-order valence-corrected chi connectivity index (χ0v) is 23.2. The molecule has 212 valence electrons. The summed E-state index contributed by atoms with van der Waals surface area (Å²) in [7, 11) is 0. The third-order valence-electron chi connectivity index (χ3n) is 8.69. The van der Waals surface area contributed by atoms with Crippen LogP contribution in [-0.2, 0) is 20.7 Å². The molecule has 5 rings (SSSR count). The number of esters is 1. The number of carbonyl (C=O) groups is 3. The molecule has 1 aliphatic heterocycles. The number of aromatic amines is 1. The average molecular weight is 545 g/mol. The largest absolute Gasteiger partial charge is 0.462 e. The molecule has 2 aliphatic rings. The van der Waals surface area contributed by atoms with Crippen LogP contribution < -0.4 is 11.1 Å². The second-order valence-electron chi connectivity index (χ2n) is 11.2. The summed E-state index contributed by atoms with van der Waals surface area (Å²) in [6.45, 7) is 3.33. The van der Waals surface area contributed by atoms with E-state index >= 15 is 0 Å². The van der Waals surface area contributed by atoms with Crippen LogP contribution >= 0.6 is 0 Å². The first-order valence-electron chi connectivity index (χ1n) is 14.6.